The SMILES string of the molecule is N=C(N)N.NNC(=O)O. The Kier molecular flexibility index (Phi) is 7.57. The summed E-state index contributed by atoms with van der Waals surface area (Å²) in [4.78, 5) is 9.13. The van der Waals surface area contributed by atoms with Crippen molar-refractivity contribution in [2.24, 2.45) is 17.3 Å². The summed E-state index contributed by atoms with van der Waals surface area (Å²) in [5.41, 5.74) is 10.4. The lowest BCUT2D eigenvalue weighted by molar-refractivity contribution is 0.194. The van der Waals surface area contributed by atoms with E-state index in [-0.39, 0.29) is 5.96 Å². The standard InChI is InChI=1S/CH5N3.CH4N2O2/c2-1(3)4;2-3-1(4)5/h(H5,2,3,4);3H,2H2,(H,4,5). The molecular weight excluding hydrogens is 126 g/mol. The summed E-state index contributed by atoms with van der Waals surface area (Å²) in [6, 6.07) is 0. The topological polar surface area (TPSA) is 151 Å². The molecule has 0 rings (SSSR count). The van der Waals surface area contributed by atoms with Crippen molar-refractivity contribution in [2.45, 2.75) is 0 Å². The number of guanidine groups is 1. The van der Waals surface area contributed by atoms with Crippen LogP contribution >= 0.6 is 0 Å². The van der Waals surface area contributed by atoms with Crippen LogP contribution in [0.25, 0.3) is 0 Å². The molecule has 9 N–H and O–H groups in total. The van der Waals surface area contributed by atoms with Gasteiger partial charge in [0.1, 0.15) is 0 Å². The van der Waals surface area contributed by atoms with E-state index >= 15 is 0 Å². The number of amides is 1. The van der Waals surface area contributed by atoms with Crippen LogP contribution in [0.1, 0.15) is 0 Å². The van der Waals surface area contributed by atoms with Crippen LogP contribution in [-0.2, 0) is 0 Å². The number of hydrogen-bond donors (Lipinski definition) is 6. The van der Waals surface area contributed by atoms with Crippen molar-refractivity contribution >= 4 is 12.1 Å². The molecule has 0 heterocycles. The fourth-order valence-electron chi connectivity index (χ4n) is 0. The van der Waals surface area contributed by atoms with E-state index in [1.807, 2.05) is 0 Å². The lowest BCUT2D eigenvalue weighted by atomic mass is 11.1. The highest BCUT2D eigenvalue weighted by atomic mass is 16.4. The van der Waals surface area contributed by atoms with Crippen molar-refractivity contribution < 1.29 is 9.90 Å². The Labute approximate surface area is 51.3 Å². The average Bonchev–Trinajstić information content (AvgIpc) is 1.65. The zero-order chi connectivity index (χ0) is 7.86. The molecule has 0 saturated heterocycles. The third-order valence-corrected chi connectivity index (χ3v) is 0.123. The van der Waals surface area contributed by atoms with Gasteiger partial charge in [0.15, 0.2) is 5.96 Å². The average molecular weight is 135 g/mol. The number of rotatable bonds is 0. The van der Waals surface area contributed by atoms with E-state index in [0.717, 1.165) is 0 Å². The van der Waals surface area contributed by atoms with Crippen LogP contribution in [-0.4, -0.2) is 17.2 Å². The third-order valence-electron chi connectivity index (χ3n) is 0.123. The van der Waals surface area contributed by atoms with Crippen molar-refractivity contribution in [1.82, 2.24) is 5.43 Å². The highest BCUT2D eigenvalue weighted by Gasteiger charge is 1.77. The normalized spacial score (nSPS) is 6.33. The minimum Gasteiger partial charge on any atom is -0.464 e. The van der Waals surface area contributed by atoms with Gasteiger partial charge < -0.3 is 16.6 Å². The Balaban J connectivity index is 0. The quantitative estimate of drug-likeness (QED) is 0.0743. The molecular formula is C2H9N5O2. The molecule has 0 aromatic carbocycles. The molecule has 0 atom stereocenters. The Morgan fingerprint density at radius 3 is 1.67 bits per heavy atom. The summed E-state index contributed by atoms with van der Waals surface area (Å²) in [5.74, 6) is 3.99. The Morgan fingerprint density at radius 1 is 1.56 bits per heavy atom. The second-order valence-electron chi connectivity index (χ2n) is 0.905. The molecule has 0 spiro atoms. The Morgan fingerprint density at radius 2 is 1.67 bits per heavy atom. The molecule has 0 aromatic heterocycles. The van der Waals surface area contributed by atoms with Gasteiger partial charge in [-0.3, -0.25) is 10.8 Å². The zero-order valence-electron chi connectivity index (χ0n) is 4.59. The maximum absolute atomic E-state index is 9.13. The van der Waals surface area contributed by atoms with Gasteiger partial charge in [-0.2, -0.15) is 0 Å². The first kappa shape index (κ1) is 10.5. The molecule has 54 valence electrons. The van der Waals surface area contributed by atoms with Gasteiger partial charge in [0, 0.05) is 0 Å². The van der Waals surface area contributed by atoms with Gasteiger partial charge >= 0.3 is 6.09 Å². The smallest absolute Gasteiger partial charge is 0.418 e. The molecule has 0 unspecified atom stereocenters. The van der Waals surface area contributed by atoms with Crippen LogP contribution in [0.3, 0.4) is 0 Å². The largest absolute Gasteiger partial charge is 0.464 e. The first-order valence-corrected chi connectivity index (χ1v) is 1.79. The van der Waals surface area contributed by atoms with Crippen LogP contribution in [0.15, 0.2) is 0 Å². The number of carbonyl (C=O) groups is 1. The molecule has 0 aliphatic rings. The van der Waals surface area contributed by atoms with Gasteiger partial charge in [-0.15, -0.1) is 0 Å². The molecule has 9 heavy (non-hydrogen) atoms. The summed E-state index contributed by atoms with van der Waals surface area (Å²) < 4.78 is 0. The van der Waals surface area contributed by atoms with E-state index in [1.165, 1.54) is 5.43 Å². The van der Waals surface area contributed by atoms with Crippen molar-refractivity contribution in [2.75, 3.05) is 0 Å². The Bertz CT molecular complexity index is 97.1. The predicted molar refractivity (Wildman–Crippen MR) is 31.4 cm³/mol. The maximum atomic E-state index is 9.13. The van der Waals surface area contributed by atoms with Gasteiger partial charge in [0.05, 0.1) is 0 Å². The lowest BCUT2D eigenvalue weighted by Gasteiger charge is -1.79. The molecule has 0 saturated carbocycles. The summed E-state index contributed by atoms with van der Waals surface area (Å²) in [6.45, 7) is 0. The van der Waals surface area contributed by atoms with Gasteiger partial charge in [-0.05, 0) is 0 Å². The Hall–Kier alpha value is -1.50. The fraction of sp³-hybridized carbons (Fsp3) is 0. The van der Waals surface area contributed by atoms with E-state index in [4.69, 9.17) is 15.3 Å². The number of nitrogens with two attached hydrogens (primary N) is 3. The van der Waals surface area contributed by atoms with Crippen molar-refractivity contribution in [3.8, 4) is 0 Å². The van der Waals surface area contributed by atoms with E-state index in [2.05, 4.69) is 17.3 Å². The molecule has 1 amide bonds. The molecule has 7 nitrogen and oxygen atoms in total. The van der Waals surface area contributed by atoms with Gasteiger partial charge in [0.2, 0.25) is 0 Å². The van der Waals surface area contributed by atoms with E-state index < -0.39 is 6.09 Å². The highest BCUT2D eigenvalue weighted by molar-refractivity contribution is 5.71. The van der Waals surface area contributed by atoms with Crippen molar-refractivity contribution in [3.63, 3.8) is 0 Å². The first-order valence-electron chi connectivity index (χ1n) is 1.79. The van der Waals surface area contributed by atoms with E-state index in [1.54, 1.807) is 0 Å². The monoisotopic (exact) mass is 135 g/mol. The van der Waals surface area contributed by atoms with Crippen LogP contribution < -0.4 is 22.7 Å². The maximum Gasteiger partial charge on any atom is 0.418 e. The molecule has 0 fully saturated rings. The summed E-state index contributed by atoms with van der Waals surface area (Å²) in [5, 5.41) is 13.5. The van der Waals surface area contributed by atoms with Crippen LogP contribution in [0, 0.1) is 5.41 Å². The lowest BCUT2D eigenvalue weighted by Crippen LogP contribution is -2.27. The first-order chi connectivity index (χ1) is 4.00. The molecule has 0 aliphatic carbocycles. The minimum atomic E-state index is -1.22. The van der Waals surface area contributed by atoms with Gasteiger partial charge in [-0.25, -0.2) is 10.6 Å². The number of hydrazine groups is 1. The second kappa shape index (κ2) is 6.50. The highest BCUT2D eigenvalue weighted by Crippen LogP contribution is 1.42. The summed E-state index contributed by atoms with van der Waals surface area (Å²) >= 11 is 0. The summed E-state index contributed by atoms with van der Waals surface area (Å²) in [6.07, 6.45) is -1.22. The predicted octanol–water partition coefficient (Wildman–Crippen LogP) is -2.03. The van der Waals surface area contributed by atoms with Crippen LogP contribution in [0.4, 0.5) is 4.79 Å². The third kappa shape index (κ3) is 526. The van der Waals surface area contributed by atoms with E-state index in [9.17, 15) is 0 Å². The number of nitrogens with one attached hydrogen (secondary N) is 2. The molecule has 7 heteroatoms. The summed E-state index contributed by atoms with van der Waals surface area (Å²) in [7, 11) is 0. The number of hydrogen-bond acceptors (Lipinski definition) is 3. The minimum absolute atomic E-state index is 0.333. The zero-order valence-corrected chi connectivity index (χ0v) is 4.59. The second-order valence-corrected chi connectivity index (χ2v) is 0.905. The molecule has 0 bridgehead atoms. The van der Waals surface area contributed by atoms with Crippen LogP contribution in [0.2, 0.25) is 0 Å². The molecule has 0 radical (unpaired) electrons. The van der Waals surface area contributed by atoms with Crippen molar-refractivity contribution in [1.29, 1.82) is 5.41 Å². The van der Waals surface area contributed by atoms with Crippen LogP contribution in [0.5, 0.6) is 0 Å². The molecule has 0 aromatic rings. The van der Waals surface area contributed by atoms with Gasteiger partial charge in [-0.1, -0.05) is 0 Å². The molecule has 0 aliphatic heterocycles. The fourth-order valence-corrected chi connectivity index (χ4v) is 0. The van der Waals surface area contributed by atoms with E-state index in [0.29, 0.717) is 0 Å². The van der Waals surface area contributed by atoms with Crippen molar-refractivity contribution in [3.05, 3.63) is 0 Å². The van der Waals surface area contributed by atoms with Gasteiger partial charge in [0.25, 0.3) is 0 Å². The number of carboxylic acid groups (broad SMARTS) is 1.